The fourth-order valence-electron chi connectivity index (χ4n) is 3.88. The fourth-order valence-corrected chi connectivity index (χ4v) is 4.38. The minimum absolute atomic E-state index is 0.311. The van der Waals surface area contributed by atoms with Crippen LogP contribution in [0.2, 0.25) is 10.0 Å². The van der Waals surface area contributed by atoms with Crippen molar-refractivity contribution in [2.45, 2.75) is 13.8 Å². The van der Waals surface area contributed by atoms with E-state index in [-0.39, 0.29) is 11.8 Å². The Bertz CT molecular complexity index is 1070. The molecule has 1 saturated heterocycles. The van der Waals surface area contributed by atoms with E-state index in [0.29, 0.717) is 45.7 Å². The number of anilines is 1. The number of carbonyl (C=O) groups is 2. The van der Waals surface area contributed by atoms with Gasteiger partial charge in [-0.3, -0.25) is 9.59 Å². The number of halogens is 2. The molecule has 2 amide bonds. The Balaban J connectivity index is 1.85. The third-order valence-electron chi connectivity index (χ3n) is 5.83. The molecule has 30 heavy (non-hydrogen) atoms. The first kappa shape index (κ1) is 20.9. The van der Waals surface area contributed by atoms with Gasteiger partial charge < -0.3 is 9.80 Å². The lowest BCUT2D eigenvalue weighted by atomic mass is 10.0. The lowest BCUT2D eigenvalue weighted by Crippen LogP contribution is -2.46. The number of aryl methyl sites for hydroxylation is 2. The summed E-state index contributed by atoms with van der Waals surface area (Å²) in [6, 6.07) is 10.6. The van der Waals surface area contributed by atoms with E-state index in [9.17, 15) is 9.59 Å². The van der Waals surface area contributed by atoms with E-state index in [4.69, 9.17) is 23.2 Å². The van der Waals surface area contributed by atoms with E-state index in [1.807, 2.05) is 44.0 Å². The van der Waals surface area contributed by atoms with E-state index in [1.165, 1.54) is 4.90 Å². The molecule has 0 spiro atoms. The van der Waals surface area contributed by atoms with Gasteiger partial charge in [-0.25, -0.2) is 4.90 Å². The molecule has 2 aliphatic rings. The van der Waals surface area contributed by atoms with Crippen LogP contribution >= 0.6 is 23.2 Å². The van der Waals surface area contributed by atoms with Crippen molar-refractivity contribution in [2.75, 3.05) is 38.1 Å². The fraction of sp³-hybridized carbons (Fsp3) is 0.304. The molecule has 2 aromatic rings. The van der Waals surface area contributed by atoms with Gasteiger partial charge in [0.1, 0.15) is 5.70 Å². The van der Waals surface area contributed by atoms with Crippen molar-refractivity contribution in [3.05, 3.63) is 68.8 Å². The molecule has 7 heteroatoms. The Kier molecular flexibility index (Phi) is 5.62. The normalized spacial score (nSPS) is 18.0. The number of imide groups is 1. The van der Waals surface area contributed by atoms with Crippen molar-refractivity contribution >= 4 is 46.3 Å². The summed E-state index contributed by atoms with van der Waals surface area (Å²) in [5.74, 6) is -0.671. The summed E-state index contributed by atoms with van der Waals surface area (Å²) >= 11 is 12.5. The molecule has 2 aromatic carbocycles. The van der Waals surface area contributed by atoms with Crippen LogP contribution in [0.25, 0.3) is 5.57 Å². The highest BCUT2D eigenvalue weighted by molar-refractivity contribution is 6.47. The zero-order chi connectivity index (χ0) is 21.6. The topological polar surface area (TPSA) is 43.9 Å². The molecule has 156 valence electrons. The standard InChI is InChI=1S/C23H23Cl2N3O2/c1-14-4-6-17(12-15(14)2)28-22(29)20(18-7-5-16(24)13-19(18)25)21(23(28)30)27-10-8-26(3)9-11-27/h4-7,12-13H,8-11H2,1-3H3. The van der Waals surface area contributed by atoms with Crippen LogP contribution in [0.5, 0.6) is 0 Å². The summed E-state index contributed by atoms with van der Waals surface area (Å²) in [6.07, 6.45) is 0. The summed E-state index contributed by atoms with van der Waals surface area (Å²) in [5, 5.41) is 0.834. The van der Waals surface area contributed by atoms with Gasteiger partial charge in [0.2, 0.25) is 0 Å². The van der Waals surface area contributed by atoms with E-state index in [0.717, 1.165) is 24.2 Å². The number of likely N-dealkylation sites (N-methyl/N-ethyl adjacent to an activating group) is 1. The number of piperazine rings is 1. The molecule has 2 aliphatic heterocycles. The van der Waals surface area contributed by atoms with Crippen molar-refractivity contribution in [3.8, 4) is 0 Å². The van der Waals surface area contributed by atoms with Gasteiger partial charge in [0, 0.05) is 36.8 Å². The Hall–Kier alpha value is -2.34. The van der Waals surface area contributed by atoms with E-state index in [2.05, 4.69) is 4.90 Å². The van der Waals surface area contributed by atoms with Crippen molar-refractivity contribution in [2.24, 2.45) is 0 Å². The minimum Gasteiger partial charge on any atom is -0.364 e. The molecule has 0 saturated carbocycles. The lowest BCUT2D eigenvalue weighted by molar-refractivity contribution is -0.120. The van der Waals surface area contributed by atoms with Crippen LogP contribution in [-0.2, 0) is 9.59 Å². The molecule has 0 bridgehead atoms. The van der Waals surface area contributed by atoms with E-state index >= 15 is 0 Å². The molecular formula is C23H23Cl2N3O2. The van der Waals surface area contributed by atoms with Gasteiger partial charge in [-0.1, -0.05) is 35.3 Å². The SMILES string of the molecule is Cc1ccc(N2C(=O)C(c3ccc(Cl)cc3Cl)=C(N3CCN(C)CC3)C2=O)cc1C. The smallest absolute Gasteiger partial charge is 0.282 e. The number of amides is 2. The Morgan fingerprint density at radius 1 is 0.833 bits per heavy atom. The van der Waals surface area contributed by atoms with Crippen molar-refractivity contribution in [1.82, 2.24) is 9.80 Å². The number of rotatable bonds is 3. The van der Waals surface area contributed by atoms with Crippen molar-refractivity contribution < 1.29 is 9.59 Å². The van der Waals surface area contributed by atoms with Gasteiger partial charge in [0.05, 0.1) is 16.3 Å². The number of benzene rings is 2. The monoisotopic (exact) mass is 443 g/mol. The summed E-state index contributed by atoms with van der Waals surface area (Å²) in [6.45, 7) is 6.93. The number of nitrogens with zero attached hydrogens (tertiary/aromatic N) is 3. The maximum atomic E-state index is 13.6. The molecule has 2 heterocycles. The van der Waals surface area contributed by atoms with Crippen molar-refractivity contribution in [1.29, 1.82) is 0 Å². The van der Waals surface area contributed by atoms with Gasteiger partial charge in [-0.2, -0.15) is 0 Å². The highest BCUT2D eigenvalue weighted by Crippen LogP contribution is 2.38. The predicted molar refractivity (Wildman–Crippen MR) is 121 cm³/mol. The molecule has 4 rings (SSSR count). The van der Waals surface area contributed by atoms with Crippen LogP contribution in [0.15, 0.2) is 42.1 Å². The molecule has 0 aromatic heterocycles. The van der Waals surface area contributed by atoms with E-state index < -0.39 is 0 Å². The average molecular weight is 444 g/mol. The van der Waals surface area contributed by atoms with Crippen LogP contribution in [0.3, 0.4) is 0 Å². The van der Waals surface area contributed by atoms with Crippen LogP contribution in [0.4, 0.5) is 5.69 Å². The highest BCUT2D eigenvalue weighted by atomic mass is 35.5. The average Bonchev–Trinajstić information content (AvgIpc) is 2.95. The molecular weight excluding hydrogens is 421 g/mol. The maximum absolute atomic E-state index is 13.6. The van der Waals surface area contributed by atoms with Gasteiger partial charge >= 0.3 is 0 Å². The first-order valence-corrected chi connectivity index (χ1v) is 10.6. The summed E-state index contributed by atoms with van der Waals surface area (Å²) in [7, 11) is 2.05. The molecule has 0 aliphatic carbocycles. The van der Waals surface area contributed by atoms with Crippen LogP contribution in [-0.4, -0.2) is 54.8 Å². The lowest BCUT2D eigenvalue weighted by Gasteiger charge is -2.34. The maximum Gasteiger partial charge on any atom is 0.282 e. The second-order valence-corrected chi connectivity index (χ2v) is 8.70. The third-order valence-corrected chi connectivity index (χ3v) is 6.38. The van der Waals surface area contributed by atoms with Crippen LogP contribution < -0.4 is 4.90 Å². The second-order valence-electron chi connectivity index (χ2n) is 7.85. The predicted octanol–water partition coefficient (Wildman–Crippen LogP) is 4.14. The molecule has 0 unspecified atom stereocenters. The Morgan fingerprint density at radius 2 is 1.53 bits per heavy atom. The second kappa shape index (κ2) is 8.06. The molecule has 0 N–H and O–H groups in total. The summed E-state index contributed by atoms with van der Waals surface area (Å²) < 4.78 is 0. The number of carbonyl (C=O) groups excluding carboxylic acids is 2. The number of hydrogen-bond acceptors (Lipinski definition) is 4. The number of hydrogen-bond donors (Lipinski definition) is 0. The van der Waals surface area contributed by atoms with Crippen LogP contribution in [0, 0.1) is 13.8 Å². The summed E-state index contributed by atoms with van der Waals surface area (Å²) in [5.41, 5.74) is 3.97. The molecule has 5 nitrogen and oxygen atoms in total. The Labute approximate surface area is 186 Å². The molecule has 1 fully saturated rings. The Morgan fingerprint density at radius 3 is 2.17 bits per heavy atom. The quantitative estimate of drug-likeness (QED) is 0.668. The van der Waals surface area contributed by atoms with Gasteiger partial charge in [-0.05, 0) is 56.3 Å². The van der Waals surface area contributed by atoms with Crippen LogP contribution in [0.1, 0.15) is 16.7 Å². The highest BCUT2D eigenvalue weighted by Gasteiger charge is 2.43. The van der Waals surface area contributed by atoms with Crippen molar-refractivity contribution in [3.63, 3.8) is 0 Å². The molecule has 0 atom stereocenters. The first-order valence-electron chi connectivity index (χ1n) is 9.87. The summed E-state index contributed by atoms with van der Waals surface area (Å²) in [4.78, 5) is 32.6. The molecule has 0 radical (unpaired) electrons. The van der Waals surface area contributed by atoms with E-state index in [1.54, 1.807) is 18.2 Å². The van der Waals surface area contributed by atoms with Gasteiger partial charge in [0.15, 0.2) is 0 Å². The first-order chi connectivity index (χ1) is 14.3. The minimum atomic E-state index is -0.360. The zero-order valence-corrected chi connectivity index (χ0v) is 18.7. The third kappa shape index (κ3) is 3.62. The van der Waals surface area contributed by atoms with Gasteiger partial charge in [-0.15, -0.1) is 0 Å². The zero-order valence-electron chi connectivity index (χ0n) is 17.2. The van der Waals surface area contributed by atoms with Gasteiger partial charge in [0.25, 0.3) is 11.8 Å². The largest absolute Gasteiger partial charge is 0.364 e.